The highest BCUT2D eigenvalue weighted by Crippen LogP contribution is 2.31. The summed E-state index contributed by atoms with van der Waals surface area (Å²) in [5.41, 5.74) is 1.76. The molecule has 1 unspecified atom stereocenters. The highest BCUT2D eigenvalue weighted by Gasteiger charge is 2.50. The summed E-state index contributed by atoms with van der Waals surface area (Å²) in [6.07, 6.45) is -1.36. The van der Waals surface area contributed by atoms with E-state index in [1.165, 1.54) is 0 Å². The predicted molar refractivity (Wildman–Crippen MR) is 68.7 cm³/mol. The smallest absolute Gasteiger partial charge is 0.377 e. The van der Waals surface area contributed by atoms with Crippen molar-refractivity contribution in [1.82, 2.24) is 0 Å². The number of rotatable bonds is 4. The molecule has 1 saturated heterocycles. The molecule has 0 aliphatic carbocycles. The molecule has 0 bridgehead atoms. The van der Waals surface area contributed by atoms with E-state index >= 15 is 0 Å². The molecule has 1 aliphatic rings. The van der Waals surface area contributed by atoms with E-state index in [1.54, 1.807) is 0 Å². The first kappa shape index (κ1) is 13.6. The number of nitrogens with one attached hydrogen (secondary N) is 1. The molecular formula is C13H16F2N2O2. The van der Waals surface area contributed by atoms with E-state index in [0.717, 1.165) is 11.4 Å². The van der Waals surface area contributed by atoms with Crippen molar-refractivity contribution < 1.29 is 18.3 Å². The molecule has 0 amide bonds. The molecule has 0 aromatic heterocycles. The van der Waals surface area contributed by atoms with Crippen LogP contribution in [0.3, 0.4) is 0 Å². The van der Waals surface area contributed by atoms with Crippen molar-refractivity contribution in [2.24, 2.45) is 0 Å². The van der Waals surface area contributed by atoms with Crippen LogP contribution in [0.2, 0.25) is 0 Å². The second-order valence-corrected chi connectivity index (χ2v) is 4.73. The van der Waals surface area contributed by atoms with Crippen LogP contribution in [0.1, 0.15) is 6.42 Å². The van der Waals surface area contributed by atoms with E-state index in [9.17, 15) is 13.6 Å². The maximum absolute atomic E-state index is 13.0. The van der Waals surface area contributed by atoms with Crippen LogP contribution in [0, 0.1) is 0 Å². The van der Waals surface area contributed by atoms with Gasteiger partial charge in [0.1, 0.15) is 6.10 Å². The molecule has 1 heterocycles. The Morgan fingerprint density at radius 2 is 2.11 bits per heavy atom. The van der Waals surface area contributed by atoms with E-state index in [-0.39, 0.29) is 6.54 Å². The molecule has 1 aromatic carbocycles. The number of halogens is 2. The lowest BCUT2D eigenvalue weighted by Crippen LogP contribution is -2.22. The molecule has 0 radical (unpaired) electrons. The third kappa shape index (κ3) is 2.94. The SMILES string of the molecule is CN(C)c1ccccc1NCC1CC(F)(F)C(=O)O1. The van der Waals surface area contributed by atoms with Crippen LogP contribution >= 0.6 is 0 Å². The highest BCUT2D eigenvalue weighted by molar-refractivity contribution is 5.80. The Bertz CT molecular complexity index is 477. The predicted octanol–water partition coefficient (Wildman–Crippen LogP) is 2.12. The average molecular weight is 270 g/mol. The molecule has 19 heavy (non-hydrogen) atoms. The minimum atomic E-state index is -3.35. The number of anilines is 2. The van der Waals surface area contributed by atoms with Crippen molar-refractivity contribution in [3.63, 3.8) is 0 Å². The third-order valence-corrected chi connectivity index (χ3v) is 2.96. The van der Waals surface area contributed by atoms with Crippen LogP contribution < -0.4 is 10.2 Å². The number of alkyl halides is 2. The van der Waals surface area contributed by atoms with Gasteiger partial charge in [-0.2, -0.15) is 8.78 Å². The quantitative estimate of drug-likeness (QED) is 0.851. The first-order valence-corrected chi connectivity index (χ1v) is 5.99. The van der Waals surface area contributed by atoms with Crippen molar-refractivity contribution in [3.05, 3.63) is 24.3 Å². The van der Waals surface area contributed by atoms with Gasteiger partial charge in [-0.25, -0.2) is 4.79 Å². The summed E-state index contributed by atoms with van der Waals surface area (Å²) in [5.74, 6) is -4.78. The molecule has 1 aromatic rings. The number of hydrogen-bond acceptors (Lipinski definition) is 4. The number of ether oxygens (including phenoxy) is 1. The van der Waals surface area contributed by atoms with Gasteiger partial charge >= 0.3 is 11.9 Å². The fourth-order valence-electron chi connectivity index (χ4n) is 2.00. The summed E-state index contributed by atoms with van der Waals surface area (Å²) in [5, 5.41) is 3.04. The zero-order chi connectivity index (χ0) is 14.0. The first-order valence-electron chi connectivity index (χ1n) is 5.99. The summed E-state index contributed by atoms with van der Waals surface area (Å²) in [6.45, 7) is 0.173. The van der Waals surface area contributed by atoms with Gasteiger partial charge in [-0.1, -0.05) is 12.1 Å². The van der Waals surface area contributed by atoms with E-state index < -0.39 is 24.4 Å². The van der Waals surface area contributed by atoms with Crippen LogP contribution in [-0.2, 0) is 9.53 Å². The average Bonchev–Trinajstić information content (AvgIpc) is 2.61. The Labute approximate surface area is 110 Å². The van der Waals surface area contributed by atoms with Crippen LogP contribution in [0.15, 0.2) is 24.3 Å². The fraction of sp³-hybridized carbons (Fsp3) is 0.462. The Hall–Kier alpha value is -1.85. The fourth-order valence-corrected chi connectivity index (χ4v) is 2.00. The lowest BCUT2D eigenvalue weighted by atomic mass is 10.2. The van der Waals surface area contributed by atoms with E-state index in [2.05, 4.69) is 10.1 Å². The van der Waals surface area contributed by atoms with Crippen LogP contribution in [0.5, 0.6) is 0 Å². The molecule has 2 rings (SSSR count). The van der Waals surface area contributed by atoms with Gasteiger partial charge < -0.3 is 15.0 Å². The number of cyclic esters (lactones) is 1. The van der Waals surface area contributed by atoms with Gasteiger partial charge in [0.15, 0.2) is 0 Å². The first-order chi connectivity index (χ1) is 8.90. The maximum Gasteiger partial charge on any atom is 0.377 e. The zero-order valence-corrected chi connectivity index (χ0v) is 10.8. The lowest BCUT2D eigenvalue weighted by Gasteiger charge is -2.19. The highest BCUT2D eigenvalue weighted by atomic mass is 19.3. The van der Waals surface area contributed by atoms with Gasteiger partial charge in [-0.05, 0) is 12.1 Å². The summed E-state index contributed by atoms with van der Waals surface area (Å²) in [6, 6.07) is 7.51. The number of para-hydroxylation sites is 2. The van der Waals surface area contributed by atoms with E-state index in [0.29, 0.717) is 0 Å². The topological polar surface area (TPSA) is 41.6 Å². The summed E-state index contributed by atoms with van der Waals surface area (Å²) in [7, 11) is 3.79. The van der Waals surface area contributed by atoms with Crippen LogP contribution in [-0.4, -0.2) is 38.6 Å². The minimum Gasteiger partial charge on any atom is -0.456 e. The molecule has 0 saturated carbocycles. The van der Waals surface area contributed by atoms with Crippen molar-refractivity contribution >= 4 is 17.3 Å². The molecule has 4 nitrogen and oxygen atoms in total. The van der Waals surface area contributed by atoms with E-state index in [1.807, 2.05) is 43.3 Å². The lowest BCUT2D eigenvalue weighted by molar-refractivity contribution is -0.158. The zero-order valence-electron chi connectivity index (χ0n) is 10.8. The number of benzene rings is 1. The standard InChI is InChI=1S/C13H16F2N2O2/c1-17(2)11-6-4-3-5-10(11)16-8-9-7-13(14,15)12(18)19-9/h3-6,9,16H,7-8H2,1-2H3. The third-order valence-electron chi connectivity index (χ3n) is 2.96. The summed E-state index contributed by atoms with van der Waals surface area (Å²) in [4.78, 5) is 12.8. The van der Waals surface area contributed by atoms with Crippen molar-refractivity contribution in [3.8, 4) is 0 Å². The number of nitrogens with zero attached hydrogens (tertiary/aromatic N) is 1. The molecule has 1 fully saturated rings. The normalized spacial score (nSPS) is 21.1. The van der Waals surface area contributed by atoms with Gasteiger partial charge in [0, 0.05) is 14.1 Å². The molecule has 0 spiro atoms. The van der Waals surface area contributed by atoms with Gasteiger partial charge in [0.25, 0.3) is 0 Å². The second-order valence-electron chi connectivity index (χ2n) is 4.73. The number of hydrogen-bond donors (Lipinski definition) is 1. The Morgan fingerprint density at radius 1 is 1.42 bits per heavy atom. The summed E-state index contributed by atoms with van der Waals surface area (Å²) < 4.78 is 30.7. The van der Waals surface area contributed by atoms with Crippen molar-refractivity contribution in [2.45, 2.75) is 18.4 Å². The van der Waals surface area contributed by atoms with Gasteiger partial charge in [-0.3, -0.25) is 0 Å². The molecule has 1 atom stereocenters. The van der Waals surface area contributed by atoms with Gasteiger partial charge in [0.05, 0.1) is 24.3 Å². The Kier molecular flexibility index (Phi) is 3.59. The van der Waals surface area contributed by atoms with E-state index in [4.69, 9.17) is 0 Å². The van der Waals surface area contributed by atoms with Gasteiger partial charge in [0.2, 0.25) is 0 Å². The molecule has 1 aliphatic heterocycles. The Balaban J connectivity index is 1.99. The minimum absolute atomic E-state index is 0.173. The number of carbonyl (C=O) groups excluding carboxylic acids is 1. The number of esters is 1. The van der Waals surface area contributed by atoms with Gasteiger partial charge in [-0.15, -0.1) is 0 Å². The molecule has 104 valence electrons. The van der Waals surface area contributed by atoms with Crippen molar-refractivity contribution in [2.75, 3.05) is 30.9 Å². The summed E-state index contributed by atoms with van der Waals surface area (Å²) >= 11 is 0. The maximum atomic E-state index is 13.0. The van der Waals surface area contributed by atoms with Crippen molar-refractivity contribution in [1.29, 1.82) is 0 Å². The molecular weight excluding hydrogens is 254 g/mol. The number of carbonyl (C=O) groups is 1. The van der Waals surface area contributed by atoms with Crippen LogP contribution in [0.25, 0.3) is 0 Å². The van der Waals surface area contributed by atoms with Crippen LogP contribution in [0.4, 0.5) is 20.2 Å². The molecule has 6 heteroatoms. The Morgan fingerprint density at radius 3 is 2.68 bits per heavy atom. The molecule has 1 N–H and O–H groups in total. The monoisotopic (exact) mass is 270 g/mol. The largest absolute Gasteiger partial charge is 0.456 e. The second kappa shape index (κ2) is 5.03.